The van der Waals surface area contributed by atoms with E-state index in [-0.39, 0.29) is 31.6 Å². The number of aliphatic hydroxyl groups is 1. The third-order valence-electron chi connectivity index (χ3n) is 8.88. The molecule has 4 aliphatic heterocycles. The smallest absolute Gasteiger partial charge is 0.313 e. The van der Waals surface area contributed by atoms with Crippen LogP contribution in [0.3, 0.4) is 0 Å². The molecule has 0 saturated carbocycles. The highest BCUT2D eigenvalue weighted by atomic mass is 16.6. The topological polar surface area (TPSA) is 96.4 Å². The highest BCUT2D eigenvalue weighted by Gasteiger charge is 2.75. The Balaban J connectivity index is 1.52. The van der Waals surface area contributed by atoms with E-state index in [1.165, 1.54) is 4.90 Å². The lowest BCUT2D eigenvalue weighted by molar-refractivity contribution is -0.157. The number of nitrogens with zero attached hydrogens (tertiary/aromatic N) is 2. The van der Waals surface area contributed by atoms with Gasteiger partial charge in [0.15, 0.2) is 0 Å². The molecule has 2 aromatic carbocycles. The summed E-state index contributed by atoms with van der Waals surface area (Å²) >= 11 is 0. The molecule has 1 N–H and O–H groups in total. The molecule has 4 heterocycles. The molecule has 0 aromatic heterocycles. The summed E-state index contributed by atoms with van der Waals surface area (Å²) in [6.45, 7) is 5.72. The molecular formula is C32H34N2O6. The van der Waals surface area contributed by atoms with E-state index in [9.17, 15) is 19.5 Å². The standard InChI is InChI=1S/C32H34N2O6/c1-20-10-7-11-21(2)26(20)33-16-8-15-32-24(25-30(38)39-17-9-14-31(25,3)40-32)28(36)34(27(32)29(33)37)23(19-35)18-22-12-5-4-6-13-22/h4-15,23-25,27,35H,16-19H2,1-3H3/t23-,24+,25+,27?,31-,32+/m1/s1. The highest BCUT2D eigenvalue weighted by Crippen LogP contribution is 2.58. The molecule has 1 unspecified atom stereocenters. The van der Waals surface area contributed by atoms with Crippen LogP contribution >= 0.6 is 0 Å². The number of likely N-dealkylation sites (tertiary alicyclic amines) is 1. The number of hydrogen-bond acceptors (Lipinski definition) is 6. The van der Waals surface area contributed by atoms with Crippen LogP contribution in [-0.2, 0) is 30.3 Å². The number of para-hydroxylation sites is 1. The van der Waals surface area contributed by atoms with Crippen molar-refractivity contribution in [2.45, 2.75) is 50.5 Å². The normalized spacial score (nSPS) is 31.8. The van der Waals surface area contributed by atoms with Gasteiger partial charge in [0.25, 0.3) is 5.91 Å². The van der Waals surface area contributed by atoms with Gasteiger partial charge in [0.05, 0.1) is 24.2 Å². The number of aryl methyl sites for hydroxylation is 2. The number of fused-ring (bicyclic) bond motifs is 2. The maximum atomic E-state index is 14.8. The number of cyclic esters (lactones) is 1. The van der Waals surface area contributed by atoms with Crippen molar-refractivity contribution in [3.05, 3.63) is 89.5 Å². The van der Waals surface area contributed by atoms with Gasteiger partial charge in [0.1, 0.15) is 24.2 Å². The average molecular weight is 543 g/mol. The fourth-order valence-electron chi connectivity index (χ4n) is 7.26. The zero-order valence-corrected chi connectivity index (χ0v) is 22.9. The van der Waals surface area contributed by atoms with Crippen LogP contribution in [0.5, 0.6) is 0 Å². The first-order valence-corrected chi connectivity index (χ1v) is 13.8. The van der Waals surface area contributed by atoms with Crippen LogP contribution in [0.2, 0.25) is 0 Å². The van der Waals surface area contributed by atoms with Crippen molar-refractivity contribution in [3.63, 3.8) is 0 Å². The first kappa shape index (κ1) is 26.5. The van der Waals surface area contributed by atoms with Crippen molar-refractivity contribution in [2.24, 2.45) is 11.8 Å². The molecule has 6 rings (SSSR count). The van der Waals surface area contributed by atoms with Crippen LogP contribution in [-0.4, -0.2) is 70.8 Å². The zero-order chi connectivity index (χ0) is 28.2. The number of esters is 1. The fourth-order valence-corrected chi connectivity index (χ4v) is 7.26. The first-order valence-electron chi connectivity index (χ1n) is 13.8. The van der Waals surface area contributed by atoms with E-state index in [0.717, 1.165) is 22.4 Å². The van der Waals surface area contributed by atoms with Crippen LogP contribution < -0.4 is 4.90 Å². The maximum Gasteiger partial charge on any atom is 0.313 e. The van der Waals surface area contributed by atoms with Gasteiger partial charge < -0.3 is 24.4 Å². The predicted octanol–water partition coefficient (Wildman–Crippen LogP) is 2.89. The minimum absolute atomic E-state index is 0.0950. The van der Waals surface area contributed by atoms with E-state index in [4.69, 9.17) is 9.47 Å². The number of amides is 2. The Hall–Kier alpha value is -3.75. The Morgan fingerprint density at radius 1 is 0.950 bits per heavy atom. The van der Waals surface area contributed by atoms with E-state index in [1.807, 2.05) is 74.5 Å². The molecule has 0 aliphatic carbocycles. The summed E-state index contributed by atoms with van der Waals surface area (Å²) in [5.74, 6) is -3.14. The van der Waals surface area contributed by atoms with Crippen LogP contribution in [0.15, 0.2) is 72.8 Å². The molecule has 8 heteroatoms. The van der Waals surface area contributed by atoms with Gasteiger partial charge >= 0.3 is 5.97 Å². The summed E-state index contributed by atoms with van der Waals surface area (Å²) in [5, 5.41) is 10.6. The quantitative estimate of drug-likeness (QED) is 0.461. The molecule has 6 atom stereocenters. The number of ether oxygens (including phenoxy) is 2. The summed E-state index contributed by atoms with van der Waals surface area (Å²) in [5.41, 5.74) is 1.03. The van der Waals surface area contributed by atoms with Crippen molar-refractivity contribution in [2.75, 3.05) is 24.7 Å². The Morgan fingerprint density at radius 2 is 1.68 bits per heavy atom. The van der Waals surface area contributed by atoms with Crippen molar-refractivity contribution < 1.29 is 29.0 Å². The average Bonchev–Trinajstić information content (AvgIpc) is 3.20. The SMILES string of the molecule is Cc1cccc(C)c1N1CC=C[C@]23O[C@]4(C)C=CCOC(=O)[C@@H]4[C@H]2C(=O)N([C@@H](CO)Cc2ccccc2)C3C1=O. The lowest BCUT2D eigenvalue weighted by Gasteiger charge is -2.40. The summed E-state index contributed by atoms with van der Waals surface area (Å²) in [7, 11) is 0. The Morgan fingerprint density at radius 3 is 2.38 bits per heavy atom. The number of carbonyl (C=O) groups is 3. The van der Waals surface area contributed by atoms with Crippen LogP contribution in [0, 0.1) is 25.7 Å². The van der Waals surface area contributed by atoms with Crippen LogP contribution in [0.25, 0.3) is 0 Å². The van der Waals surface area contributed by atoms with E-state index in [2.05, 4.69) is 0 Å². The van der Waals surface area contributed by atoms with Crippen molar-refractivity contribution >= 4 is 23.5 Å². The zero-order valence-electron chi connectivity index (χ0n) is 22.9. The second kappa shape index (κ2) is 9.71. The molecule has 2 saturated heterocycles. The summed E-state index contributed by atoms with van der Waals surface area (Å²) in [4.78, 5) is 45.8. The Kier molecular flexibility index (Phi) is 6.43. The number of rotatable bonds is 5. The number of hydrogen-bond donors (Lipinski definition) is 1. The Labute approximate surface area is 233 Å². The summed E-state index contributed by atoms with van der Waals surface area (Å²) in [6, 6.07) is 13.6. The third kappa shape index (κ3) is 3.84. The second-order valence-corrected chi connectivity index (χ2v) is 11.4. The second-order valence-electron chi connectivity index (χ2n) is 11.4. The van der Waals surface area contributed by atoms with Crippen LogP contribution in [0.1, 0.15) is 23.6 Å². The number of anilines is 1. The van der Waals surface area contributed by atoms with E-state index < -0.39 is 41.1 Å². The van der Waals surface area contributed by atoms with E-state index >= 15 is 0 Å². The number of benzene rings is 2. The lowest BCUT2D eigenvalue weighted by Crippen LogP contribution is -2.59. The van der Waals surface area contributed by atoms with Crippen LogP contribution in [0.4, 0.5) is 5.69 Å². The van der Waals surface area contributed by atoms with Gasteiger partial charge in [-0.25, -0.2) is 0 Å². The van der Waals surface area contributed by atoms with Gasteiger partial charge in [-0.1, -0.05) is 66.8 Å². The van der Waals surface area contributed by atoms with Gasteiger partial charge in [-0.3, -0.25) is 14.4 Å². The molecule has 208 valence electrons. The maximum absolute atomic E-state index is 14.8. The van der Waals surface area contributed by atoms with Crippen molar-refractivity contribution in [3.8, 4) is 0 Å². The van der Waals surface area contributed by atoms with Crippen molar-refractivity contribution in [1.29, 1.82) is 0 Å². The van der Waals surface area contributed by atoms with Crippen molar-refractivity contribution in [1.82, 2.24) is 4.90 Å². The summed E-state index contributed by atoms with van der Waals surface area (Å²) < 4.78 is 12.3. The molecule has 4 aliphatic rings. The molecule has 2 aromatic rings. The molecule has 8 nitrogen and oxygen atoms in total. The predicted molar refractivity (Wildman–Crippen MR) is 148 cm³/mol. The molecule has 2 amide bonds. The fraction of sp³-hybridized carbons (Fsp3) is 0.406. The van der Waals surface area contributed by atoms with E-state index in [1.54, 1.807) is 24.0 Å². The minimum Gasteiger partial charge on any atom is -0.461 e. The molecule has 1 spiro atoms. The monoisotopic (exact) mass is 542 g/mol. The number of carbonyl (C=O) groups excluding carboxylic acids is 3. The molecule has 2 fully saturated rings. The molecule has 0 bridgehead atoms. The third-order valence-corrected chi connectivity index (χ3v) is 8.88. The van der Waals surface area contributed by atoms with Gasteiger partial charge in [0, 0.05) is 12.2 Å². The highest BCUT2D eigenvalue weighted by molar-refractivity contribution is 6.06. The van der Waals surface area contributed by atoms with Gasteiger partial charge in [0.2, 0.25) is 5.91 Å². The molecule has 40 heavy (non-hydrogen) atoms. The van der Waals surface area contributed by atoms with Gasteiger partial charge in [-0.05, 0) is 50.0 Å². The van der Waals surface area contributed by atoms with E-state index in [0.29, 0.717) is 6.42 Å². The lowest BCUT2D eigenvalue weighted by atomic mass is 9.75. The van der Waals surface area contributed by atoms with Gasteiger partial charge in [-0.2, -0.15) is 0 Å². The minimum atomic E-state index is -1.41. The number of aliphatic hydroxyl groups excluding tert-OH is 1. The summed E-state index contributed by atoms with van der Waals surface area (Å²) in [6.07, 6.45) is 7.52. The largest absolute Gasteiger partial charge is 0.461 e. The first-order chi connectivity index (χ1) is 19.2. The Bertz CT molecular complexity index is 1400. The molecule has 0 radical (unpaired) electrons. The molecular weight excluding hydrogens is 508 g/mol. The van der Waals surface area contributed by atoms with Gasteiger partial charge in [-0.15, -0.1) is 0 Å².